The van der Waals surface area contributed by atoms with Crippen LogP contribution >= 0.6 is 0 Å². The van der Waals surface area contributed by atoms with Crippen molar-refractivity contribution in [2.45, 2.75) is 19.2 Å². The fourth-order valence-corrected chi connectivity index (χ4v) is 2.70. The van der Waals surface area contributed by atoms with E-state index in [-0.39, 0.29) is 11.3 Å². The molecule has 1 heterocycles. The molecule has 1 aliphatic rings. The number of hydrogen-bond donors (Lipinski definition) is 1. The van der Waals surface area contributed by atoms with E-state index in [0.29, 0.717) is 5.01 Å². The van der Waals surface area contributed by atoms with E-state index in [1.54, 1.807) is 30.3 Å². The summed E-state index contributed by atoms with van der Waals surface area (Å²) in [6.07, 6.45) is -6.46. The number of alkyl halides is 3. The molecule has 0 radical (unpaired) electrons. The van der Waals surface area contributed by atoms with Crippen molar-refractivity contribution in [1.29, 1.82) is 0 Å². The highest BCUT2D eigenvalue weighted by atomic mass is 19.4. The van der Waals surface area contributed by atoms with Gasteiger partial charge in [0.1, 0.15) is 5.92 Å². The number of halogens is 3. The Morgan fingerprint density at radius 1 is 1.08 bits per heavy atom. The molecule has 1 N–H and O–H groups in total. The van der Waals surface area contributed by atoms with Crippen molar-refractivity contribution >= 4 is 17.3 Å². The van der Waals surface area contributed by atoms with Crippen molar-refractivity contribution in [2.75, 3.05) is 5.01 Å². The molecule has 0 bridgehead atoms. The highest BCUT2D eigenvalue weighted by molar-refractivity contribution is 6.17. The third-order valence-corrected chi connectivity index (χ3v) is 4.00. The Morgan fingerprint density at radius 2 is 1.68 bits per heavy atom. The maximum absolute atomic E-state index is 13.4. The van der Waals surface area contributed by atoms with Gasteiger partial charge in [-0.3, -0.25) is 4.79 Å². The average Bonchev–Trinajstić information content (AvgIpc) is 2.93. The molecule has 2 atom stereocenters. The number of anilines is 1. The molecule has 0 spiro atoms. The van der Waals surface area contributed by atoms with Crippen LogP contribution in [0, 0.1) is 12.8 Å². The van der Waals surface area contributed by atoms with E-state index in [1.807, 2.05) is 6.92 Å². The summed E-state index contributed by atoms with van der Waals surface area (Å²) in [5, 5.41) is 14.6. The normalized spacial score (nSPS) is 19.1. The van der Waals surface area contributed by atoms with Crippen LogP contribution in [0.25, 0.3) is 0 Å². The van der Waals surface area contributed by atoms with Crippen molar-refractivity contribution in [3.8, 4) is 0 Å². The minimum absolute atomic E-state index is 0.216. The van der Waals surface area contributed by atoms with Gasteiger partial charge in [-0.05, 0) is 24.6 Å². The number of carbonyl (C=O) groups excluding carboxylic acids is 1. The molecular weight excluding hydrogens is 333 g/mol. The van der Waals surface area contributed by atoms with Gasteiger partial charge in [0, 0.05) is 0 Å². The molecular formula is C18H15F3N2O2. The summed E-state index contributed by atoms with van der Waals surface area (Å²) >= 11 is 0. The number of nitrogens with zero attached hydrogens (tertiary/aromatic N) is 2. The third-order valence-electron chi connectivity index (χ3n) is 4.00. The zero-order valence-electron chi connectivity index (χ0n) is 13.2. The largest absolute Gasteiger partial charge is 0.432 e. The Balaban J connectivity index is 2.01. The summed E-state index contributed by atoms with van der Waals surface area (Å²) in [4.78, 5) is 12.6. The smallest absolute Gasteiger partial charge is 0.387 e. The topological polar surface area (TPSA) is 52.9 Å². The number of hydrogen-bond acceptors (Lipinski definition) is 3. The van der Waals surface area contributed by atoms with Crippen LogP contribution in [0.15, 0.2) is 59.7 Å². The summed E-state index contributed by atoms with van der Waals surface area (Å²) in [7, 11) is 0. The summed E-state index contributed by atoms with van der Waals surface area (Å²) in [6.45, 7) is 1.82. The van der Waals surface area contributed by atoms with E-state index >= 15 is 0 Å². The number of aryl methyl sites for hydroxylation is 1. The highest BCUT2D eigenvalue weighted by Gasteiger charge is 2.53. The molecule has 2 aromatic carbocycles. The lowest BCUT2D eigenvalue weighted by Gasteiger charge is -2.20. The highest BCUT2D eigenvalue weighted by Crippen LogP contribution is 2.38. The quantitative estimate of drug-likeness (QED) is 0.921. The second kappa shape index (κ2) is 6.33. The minimum atomic E-state index is -4.82. The van der Waals surface area contributed by atoms with E-state index in [4.69, 9.17) is 0 Å². The summed E-state index contributed by atoms with van der Waals surface area (Å²) < 4.78 is 40.2. The Bertz CT molecular complexity index is 801. The van der Waals surface area contributed by atoms with Crippen LogP contribution in [0.4, 0.5) is 18.9 Å². The van der Waals surface area contributed by atoms with Gasteiger partial charge in [-0.1, -0.05) is 48.0 Å². The van der Waals surface area contributed by atoms with E-state index in [9.17, 15) is 23.1 Å². The summed E-state index contributed by atoms with van der Waals surface area (Å²) in [6, 6.07) is 14.2. The van der Waals surface area contributed by atoms with Gasteiger partial charge in [0.25, 0.3) is 5.91 Å². The van der Waals surface area contributed by atoms with Crippen LogP contribution in [0.1, 0.15) is 17.2 Å². The molecule has 25 heavy (non-hydrogen) atoms. The molecule has 130 valence electrons. The predicted octanol–water partition coefficient (Wildman–Crippen LogP) is 3.61. The van der Waals surface area contributed by atoms with Gasteiger partial charge in [0.2, 0.25) is 0 Å². The SMILES string of the molecule is Cc1ccc([C@H](O)[C@H]2C(=O)N(c3ccccc3)N=C2C(F)(F)F)cc1. The van der Waals surface area contributed by atoms with E-state index in [1.165, 1.54) is 24.3 Å². The molecule has 0 aromatic heterocycles. The third kappa shape index (κ3) is 3.28. The fourth-order valence-electron chi connectivity index (χ4n) is 2.70. The second-order valence-corrected chi connectivity index (χ2v) is 5.80. The van der Waals surface area contributed by atoms with Gasteiger partial charge < -0.3 is 5.11 Å². The first-order chi connectivity index (χ1) is 11.8. The standard InChI is InChI=1S/C18H15F3N2O2/c1-11-7-9-12(10-8-11)15(24)14-16(18(19,20)21)22-23(17(14)25)13-5-3-2-4-6-13/h2-10,14-15,24H,1H3/t14-,15+/m1/s1. The Labute approximate surface area is 142 Å². The minimum Gasteiger partial charge on any atom is -0.387 e. The van der Waals surface area contributed by atoms with Crippen molar-refractivity contribution < 1.29 is 23.1 Å². The first-order valence-electron chi connectivity index (χ1n) is 7.58. The average molecular weight is 348 g/mol. The molecule has 2 aromatic rings. The van der Waals surface area contributed by atoms with E-state index in [0.717, 1.165) is 5.56 Å². The van der Waals surface area contributed by atoms with Crippen molar-refractivity contribution in [3.63, 3.8) is 0 Å². The zero-order valence-corrected chi connectivity index (χ0v) is 13.2. The fraction of sp³-hybridized carbons (Fsp3) is 0.222. The monoisotopic (exact) mass is 348 g/mol. The van der Waals surface area contributed by atoms with Gasteiger partial charge in [0.15, 0.2) is 5.71 Å². The number of benzene rings is 2. The van der Waals surface area contributed by atoms with Crippen LogP contribution in [0.3, 0.4) is 0 Å². The van der Waals surface area contributed by atoms with E-state index in [2.05, 4.69) is 5.10 Å². The zero-order chi connectivity index (χ0) is 18.2. The van der Waals surface area contributed by atoms with Crippen LogP contribution in [-0.4, -0.2) is 22.9 Å². The molecule has 1 amide bonds. The van der Waals surface area contributed by atoms with Gasteiger partial charge in [-0.25, -0.2) is 0 Å². The van der Waals surface area contributed by atoms with Crippen molar-refractivity contribution in [1.82, 2.24) is 0 Å². The molecule has 7 heteroatoms. The number of aliphatic hydroxyl groups is 1. The Kier molecular flexibility index (Phi) is 4.34. The molecule has 0 aliphatic carbocycles. The van der Waals surface area contributed by atoms with Crippen LogP contribution in [-0.2, 0) is 4.79 Å². The maximum Gasteiger partial charge on any atom is 0.432 e. The second-order valence-electron chi connectivity index (χ2n) is 5.80. The number of para-hydroxylation sites is 1. The number of amides is 1. The Hall–Kier alpha value is -2.67. The lowest BCUT2D eigenvalue weighted by atomic mass is 9.90. The first kappa shape index (κ1) is 17.2. The molecule has 0 fully saturated rings. The molecule has 4 nitrogen and oxygen atoms in total. The summed E-state index contributed by atoms with van der Waals surface area (Å²) in [5.41, 5.74) is 0.0439. The van der Waals surface area contributed by atoms with Crippen LogP contribution in [0.2, 0.25) is 0 Å². The van der Waals surface area contributed by atoms with Gasteiger partial charge in [0.05, 0.1) is 11.8 Å². The molecule has 0 saturated heterocycles. The lowest BCUT2D eigenvalue weighted by Crippen LogP contribution is -2.37. The predicted molar refractivity (Wildman–Crippen MR) is 87.0 cm³/mol. The molecule has 0 saturated carbocycles. The lowest BCUT2D eigenvalue weighted by molar-refractivity contribution is -0.123. The molecule has 0 unspecified atom stereocenters. The molecule has 1 aliphatic heterocycles. The van der Waals surface area contributed by atoms with Gasteiger partial charge >= 0.3 is 6.18 Å². The van der Waals surface area contributed by atoms with E-state index < -0.39 is 29.8 Å². The summed E-state index contributed by atoms with van der Waals surface area (Å²) in [5.74, 6) is -2.71. The maximum atomic E-state index is 13.4. The Morgan fingerprint density at radius 3 is 2.24 bits per heavy atom. The number of carbonyl (C=O) groups is 1. The number of rotatable bonds is 3. The van der Waals surface area contributed by atoms with Crippen LogP contribution < -0.4 is 5.01 Å². The first-order valence-corrected chi connectivity index (χ1v) is 7.58. The van der Waals surface area contributed by atoms with Crippen molar-refractivity contribution in [3.05, 3.63) is 65.7 Å². The molecule has 3 rings (SSSR count). The number of aliphatic hydroxyl groups excluding tert-OH is 1. The number of hydrazone groups is 1. The van der Waals surface area contributed by atoms with Crippen LogP contribution in [0.5, 0.6) is 0 Å². The van der Waals surface area contributed by atoms with Gasteiger partial charge in [-0.15, -0.1) is 0 Å². The van der Waals surface area contributed by atoms with Crippen molar-refractivity contribution in [2.24, 2.45) is 11.0 Å². The van der Waals surface area contributed by atoms with Gasteiger partial charge in [-0.2, -0.15) is 23.3 Å².